The van der Waals surface area contributed by atoms with Crippen molar-refractivity contribution in [1.29, 1.82) is 0 Å². The number of likely N-dealkylation sites (tertiary alicyclic amines) is 2. The van der Waals surface area contributed by atoms with Gasteiger partial charge < -0.3 is 19.9 Å². The molecule has 0 aliphatic carbocycles. The fraction of sp³-hybridized carbons (Fsp3) is 0.625. The molecule has 22 heavy (non-hydrogen) atoms. The summed E-state index contributed by atoms with van der Waals surface area (Å²) in [6.45, 7) is 4.60. The molecule has 0 unspecified atom stereocenters. The van der Waals surface area contributed by atoms with Crippen LogP contribution in [0.2, 0.25) is 0 Å². The van der Waals surface area contributed by atoms with Crippen LogP contribution in [0.3, 0.4) is 0 Å². The Kier molecular flexibility index (Phi) is 4.59. The number of H-pyrrole nitrogens is 1. The molecule has 2 aliphatic heterocycles. The monoisotopic (exact) mass is 305 g/mol. The number of carbonyl (C=O) groups excluding carboxylic acids is 1. The normalized spacial score (nSPS) is 25.8. The summed E-state index contributed by atoms with van der Waals surface area (Å²) in [4.78, 5) is 30.4. The van der Waals surface area contributed by atoms with Crippen LogP contribution in [-0.2, 0) is 0 Å². The second-order valence-electron chi connectivity index (χ2n) is 6.36. The van der Waals surface area contributed by atoms with Gasteiger partial charge in [0.2, 0.25) is 5.56 Å². The number of aliphatic hydroxyl groups is 1. The predicted octanol–water partition coefficient (Wildman–Crippen LogP) is 0.151. The molecule has 1 amide bonds. The summed E-state index contributed by atoms with van der Waals surface area (Å²) in [7, 11) is 0. The lowest BCUT2D eigenvalue weighted by molar-refractivity contribution is 0.0779. The van der Waals surface area contributed by atoms with E-state index in [1.165, 1.54) is 25.1 Å². The third-order valence-corrected chi connectivity index (χ3v) is 4.82. The van der Waals surface area contributed by atoms with Crippen molar-refractivity contribution in [3.8, 4) is 0 Å². The third kappa shape index (κ3) is 3.23. The highest BCUT2D eigenvalue weighted by atomic mass is 16.3. The van der Waals surface area contributed by atoms with E-state index in [4.69, 9.17) is 0 Å². The number of amides is 1. The lowest BCUT2D eigenvalue weighted by Gasteiger charge is -2.22. The van der Waals surface area contributed by atoms with Gasteiger partial charge in [-0.1, -0.05) is 0 Å². The second-order valence-corrected chi connectivity index (χ2v) is 6.36. The van der Waals surface area contributed by atoms with Crippen molar-refractivity contribution in [3.05, 3.63) is 34.2 Å². The molecule has 1 aromatic rings. The lowest BCUT2D eigenvalue weighted by atomic mass is 9.96. The molecular formula is C16H23N3O3. The van der Waals surface area contributed by atoms with E-state index >= 15 is 0 Å². The Bertz CT molecular complexity index is 560. The molecule has 0 aromatic carbocycles. The van der Waals surface area contributed by atoms with Crippen molar-refractivity contribution < 1.29 is 9.90 Å². The van der Waals surface area contributed by atoms with Crippen molar-refractivity contribution in [2.45, 2.75) is 12.8 Å². The average molecular weight is 305 g/mol. The minimum absolute atomic E-state index is 0.0707. The molecule has 0 saturated carbocycles. The Morgan fingerprint density at radius 3 is 2.59 bits per heavy atom. The van der Waals surface area contributed by atoms with Crippen molar-refractivity contribution in [3.63, 3.8) is 0 Å². The average Bonchev–Trinajstić information content (AvgIpc) is 3.17. The predicted molar refractivity (Wildman–Crippen MR) is 82.7 cm³/mol. The number of hydrogen-bond acceptors (Lipinski definition) is 4. The van der Waals surface area contributed by atoms with Crippen LogP contribution in [0.1, 0.15) is 23.2 Å². The van der Waals surface area contributed by atoms with Crippen LogP contribution >= 0.6 is 0 Å². The number of nitrogens with one attached hydrogen (secondary N) is 1. The number of pyridine rings is 1. The van der Waals surface area contributed by atoms with E-state index < -0.39 is 0 Å². The Labute approximate surface area is 129 Å². The summed E-state index contributed by atoms with van der Waals surface area (Å²) in [6, 6.07) is 2.93. The van der Waals surface area contributed by atoms with Crippen LogP contribution in [0.4, 0.5) is 0 Å². The van der Waals surface area contributed by atoms with E-state index in [-0.39, 0.29) is 24.0 Å². The second kappa shape index (κ2) is 6.62. The van der Waals surface area contributed by atoms with Crippen molar-refractivity contribution in [2.75, 3.05) is 39.3 Å². The summed E-state index contributed by atoms with van der Waals surface area (Å²) in [5, 5.41) is 9.61. The standard InChI is InChI=1S/C16H23N3O3/c20-11-14-10-19(9-13(14)8-18-5-1-2-6-18)16(22)12-3-4-15(21)17-7-12/h3-4,7,13-14,20H,1-2,5-6,8-11H2,(H,17,21)/t13-,14-/m1/s1. The highest BCUT2D eigenvalue weighted by molar-refractivity contribution is 5.94. The van der Waals surface area contributed by atoms with E-state index in [1.807, 2.05) is 0 Å². The Morgan fingerprint density at radius 2 is 1.95 bits per heavy atom. The molecule has 0 spiro atoms. The molecule has 2 aliphatic rings. The Balaban J connectivity index is 1.66. The molecule has 0 radical (unpaired) electrons. The summed E-state index contributed by atoms with van der Waals surface area (Å²) in [5.74, 6) is 0.403. The first-order valence-corrected chi connectivity index (χ1v) is 7.98. The van der Waals surface area contributed by atoms with Crippen molar-refractivity contribution in [2.24, 2.45) is 11.8 Å². The Morgan fingerprint density at radius 1 is 1.23 bits per heavy atom. The first-order chi connectivity index (χ1) is 10.7. The number of rotatable bonds is 4. The van der Waals surface area contributed by atoms with E-state index in [0.29, 0.717) is 24.6 Å². The molecule has 0 bridgehead atoms. The SMILES string of the molecule is O=C(c1ccc(=O)[nH]c1)N1C[C@@H](CN2CCCC2)[C@@H](CO)C1. The zero-order chi connectivity index (χ0) is 15.5. The van der Waals surface area contributed by atoms with Crippen molar-refractivity contribution in [1.82, 2.24) is 14.8 Å². The zero-order valence-electron chi connectivity index (χ0n) is 12.7. The molecular weight excluding hydrogens is 282 g/mol. The van der Waals surface area contributed by atoms with Gasteiger partial charge in [-0.05, 0) is 37.9 Å². The maximum absolute atomic E-state index is 12.5. The summed E-state index contributed by atoms with van der Waals surface area (Å²) < 4.78 is 0. The fourth-order valence-electron chi connectivity index (χ4n) is 3.54. The molecule has 3 heterocycles. The first-order valence-electron chi connectivity index (χ1n) is 7.98. The number of hydrogen-bond donors (Lipinski definition) is 2. The van der Waals surface area contributed by atoms with Crippen LogP contribution < -0.4 is 5.56 Å². The third-order valence-electron chi connectivity index (χ3n) is 4.82. The van der Waals surface area contributed by atoms with E-state index in [0.717, 1.165) is 19.6 Å². The maximum atomic E-state index is 12.5. The summed E-state index contributed by atoms with van der Waals surface area (Å²) in [5.41, 5.74) is 0.288. The topological polar surface area (TPSA) is 76.6 Å². The fourth-order valence-corrected chi connectivity index (χ4v) is 3.54. The molecule has 6 heteroatoms. The van der Waals surface area contributed by atoms with E-state index in [9.17, 15) is 14.7 Å². The highest BCUT2D eigenvalue weighted by Crippen LogP contribution is 2.26. The van der Waals surface area contributed by atoms with Gasteiger partial charge in [-0.2, -0.15) is 0 Å². The van der Waals surface area contributed by atoms with Crippen LogP contribution in [0.15, 0.2) is 23.1 Å². The number of aliphatic hydroxyl groups excluding tert-OH is 1. The van der Waals surface area contributed by atoms with Gasteiger partial charge in [-0.3, -0.25) is 9.59 Å². The molecule has 3 rings (SSSR count). The van der Waals surface area contributed by atoms with Crippen LogP contribution in [0.25, 0.3) is 0 Å². The maximum Gasteiger partial charge on any atom is 0.255 e. The number of aromatic nitrogens is 1. The van der Waals surface area contributed by atoms with Crippen molar-refractivity contribution >= 4 is 5.91 Å². The van der Waals surface area contributed by atoms with Gasteiger partial charge in [-0.15, -0.1) is 0 Å². The minimum atomic E-state index is -0.210. The molecule has 120 valence electrons. The van der Waals surface area contributed by atoms with Gasteiger partial charge in [0.1, 0.15) is 0 Å². The molecule has 2 fully saturated rings. The smallest absolute Gasteiger partial charge is 0.255 e. The van der Waals surface area contributed by atoms with Gasteiger partial charge >= 0.3 is 0 Å². The number of aromatic amines is 1. The van der Waals surface area contributed by atoms with Gasteiger partial charge in [0, 0.05) is 44.4 Å². The van der Waals surface area contributed by atoms with Crippen LogP contribution in [0, 0.1) is 11.8 Å². The molecule has 2 N–H and O–H groups in total. The van der Waals surface area contributed by atoms with Gasteiger partial charge in [0.25, 0.3) is 5.91 Å². The number of nitrogens with zero attached hydrogens (tertiary/aromatic N) is 2. The molecule has 2 atom stereocenters. The van der Waals surface area contributed by atoms with Crippen LogP contribution in [0.5, 0.6) is 0 Å². The van der Waals surface area contributed by atoms with E-state index in [2.05, 4.69) is 9.88 Å². The van der Waals surface area contributed by atoms with Gasteiger partial charge in [0.15, 0.2) is 0 Å². The van der Waals surface area contributed by atoms with Gasteiger partial charge in [0.05, 0.1) is 5.56 Å². The minimum Gasteiger partial charge on any atom is -0.396 e. The molecule has 2 saturated heterocycles. The summed E-state index contributed by atoms with van der Waals surface area (Å²) >= 11 is 0. The highest BCUT2D eigenvalue weighted by Gasteiger charge is 2.36. The first kappa shape index (κ1) is 15.2. The van der Waals surface area contributed by atoms with Gasteiger partial charge in [-0.25, -0.2) is 0 Å². The van der Waals surface area contributed by atoms with Crippen LogP contribution in [-0.4, -0.2) is 65.1 Å². The Hall–Kier alpha value is -1.66. The molecule has 1 aromatic heterocycles. The van der Waals surface area contributed by atoms with E-state index in [1.54, 1.807) is 11.0 Å². The largest absolute Gasteiger partial charge is 0.396 e. The zero-order valence-corrected chi connectivity index (χ0v) is 12.7. The lowest BCUT2D eigenvalue weighted by Crippen LogP contribution is -2.32. The number of carbonyl (C=O) groups is 1. The molecule has 6 nitrogen and oxygen atoms in total. The summed E-state index contributed by atoms with van der Waals surface area (Å²) in [6.07, 6.45) is 3.96. The quantitative estimate of drug-likeness (QED) is 0.830.